The van der Waals surface area contributed by atoms with Gasteiger partial charge in [-0.05, 0) is 41.0 Å². The molecular formula is C26H30N2O5. The van der Waals surface area contributed by atoms with E-state index >= 15 is 0 Å². The summed E-state index contributed by atoms with van der Waals surface area (Å²) >= 11 is 0. The van der Waals surface area contributed by atoms with Crippen molar-refractivity contribution >= 4 is 18.0 Å². The predicted octanol–water partition coefficient (Wildman–Crippen LogP) is 4.06. The molecule has 0 heterocycles. The molecule has 7 heteroatoms. The van der Waals surface area contributed by atoms with Gasteiger partial charge in [-0.1, -0.05) is 61.4 Å². The first-order valence-electron chi connectivity index (χ1n) is 11.6. The van der Waals surface area contributed by atoms with Gasteiger partial charge < -0.3 is 20.5 Å². The Morgan fingerprint density at radius 1 is 0.939 bits per heavy atom. The van der Waals surface area contributed by atoms with Crippen molar-refractivity contribution < 1.29 is 24.2 Å². The number of amides is 2. The van der Waals surface area contributed by atoms with Crippen LogP contribution in [0.5, 0.6) is 0 Å². The number of aliphatic carboxylic acids is 1. The third-order valence-corrected chi connectivity index (χ3v) is 6.66. The van der Waals surface area contributed by atoms with Crippen LogP contribution in [0.25, 0.3) is 11.1 Å². The van der Waals surface area contributed by atoms with E-state index in [0.29, 0.717) is 0 Å². The summed E-state index contributed by atoms with van der Waals surface area (Å²) in [7, 11) is 0. The minimum atomic E-state index is -0.942. The van der Waals surface area contributed by atoms with Gasteiger partial charge in [0.25, 0.3) is 0 Å². The van der Waals surface area contributed by atoms with Gasteiger partial charge in [-0.2, -0.15) is 0 Å². The standard InChI is InChI=1S/C26H30N2O5/c29-24(27-14-13-25(30)31)15-17-7-1-6-12-23(17)28-26(32)33-16-22-20-10-4-2-8-18(20)19-9-3-5-11-21(19)22/h2-5,8-11,17,22-23H,1,6-7,12-16H2,(H,27,29)(H,28,32)(H,30,31). The number of benzene rings is 2. The molecule has 174 valence electrons. The predicted molar refractivity (Wildman–Crippen MR) is 124 cm³/mol. The van der Waals surface area contributed by atoms with Crippen LogP contribution in [0.15, 0.2) is 48.5 Å². The summed E-state index contributed by atoms with van der Waals surface area (Å²) in [5.74, 6) is -1.10. The normalized spacial score (nSPS) is 19.3. The maximum Gasteiger partial charge on any atom is 0.407 e. The van der Waals surface area contributed by atoms with E-state index in [1.807, 2.05) is 24.3 Å². The highest BCUT2D eigenvalue weighted by Gasteiger charge is 2.31. The van der Waals surface area contributed by atoms with Crippen molar-refractivity contribution in [3.63, 3.8) is 0 Å². The lowest BCUT2D eigenvalue weighted by molar-refractivity contribution is -0.136. The molecule has 0 aromatic heterocycles. The molecule has 2 amide bonds. The zero-order valence-electron chi connectivity index (χ0n) is 18.6. The van der Waals surface area contributed by atoms with Gasteiger partial charge in [-0.15, -0.1) is 0 Å². The Kier molecular flexibility index (Phi) is 7.27. The summed E-state index contributed by atoms with van der Waals surface area (Å²) in [5, 5.41) is 14.4. The van der Waals surface area contributed by atoms with Gasteiger partial charge in [0.05, 0.1) is 6.42 Å². The average Bonchev–Trinajstić information content (AvgIpc) is 3.12. The zero-order chi connectivity index (χ0) is 23.2. The largest absolute Gasteiger partial charge is 0.481 e. The Balaban J connectivity index is 1.32. The highest BCUT2D eigenvalue weighted by atomic mass is 16.5. The highest BCUT2D eigenvalue weighted by Crippen LogP contribution is 2.44. The quantitative estimate of drug-likeness (QED) is 0.562. The molecule has 0 aliphatic heterocycles. The Morgan fingerprint density at radius 3 is 2.24 bits per heavy atom. The molecule has 33 heavy (non-hydrogen) atoms. The number of ether oxygens (including phenoxy) is 1. The molecule has 7 nitrogen and oxygen atoms in total. The minimum Gasteiger partial charge on any atom is -0.481 e. The maximum atomic E-state index is 12.7. The number of carboxylic acids is 1. The van der Waals surface area contributed by atoms with Gasteiger partial charge in [0.1, 0.15) is 6.61 Å². The first-order valence-corrected chi connectivity index (χ1v) is 11.6. The molecule has 2 unspecified atom stereocenters. The Bertz CT molecular complexity index is 976. The maximum absolute atomic E-state index is 12.7. The molecule has 0 radical (unpaired) electrons. The number of carbonyl (C=O) groups is 3. The fourth-order valence-electron chi connectivity index (χ4n) is 5.05. The zero-order valence-corrected chi connectivity index (χ0v) is 18.6. The molecule has 0 saturated heterocycles. The first kappa shape index (κ1) is 22.8. The monoisotopic (exact) mass is 450 g/mol. The smallest absolute Gasteiger partial charge is 0.407 e. The van der Waals surface area contributed by atoms with Gasteiger partial charge in [-0.3, -0.25) is 9.59 Å². The lowest BCUT2D eigenvalue weighted by Gasteiger charge is -2.31. The van der Waals surface area contributed by atoms with Crippen LogP contribution in [0, 0.1) is 5.92 Å². The number of fused-ring (bicyclic) bond motifs is 3. The molecule has 2 aromatic carbocycles. The van der Waals surface area contributed by atoms with E-state index < -0.39 is 12.1 Å². The van der Waals surface area contributed by atoms with Gasteiger partial charge >= 0.3 is 12.1 Å². The molecule has 1 saturated carbocycles. The number of alkyl carbamates (subject to hydrolysis) is 1. The fraction of sp³-hybridized carbons (Fsp3) is 0.423. The second kappa shape index (κ2) is 10.5. The second-order valence-corrected chi connectivity index (χ2v) is 8.82. The van der Waals surface area contributed by atoms with Crippen molar-refractivity contribution in [3.05, 3.63) is 59.7 Å². The van der Waals surface area contributed by atoms with Crippen LogP contribution in [0.4, 0.5) is 4.79 Å². The van der Waals surface area contributed by atoms with Crippen LogP contribution in [0.2, 0.25) is 0 Å². The van der Waals surface area contributed by atoms with Crippen LogP contribution in [-0.2, 0) is 14.3 Å². The summed E-state index contributed by atoms with van der Waals surface area (Å²) < 4.78 is 5.67. The third-order valence-electron chi connectivity index (χ3n) is 6.66. The van der Waals surface area contributed by atoms with Gasteiger partial charge in [0.2, 0.25) is 5.91 Å². The lowest BCUT2D eigenvalue weighted by atomic mass is 9.82. The molecular weight excluding hydrogens is 420 g/mol. The molecule has 2 aliphatic carbocycles. The van der Waals surface area contributed by atoms with E-state index in [0.717, 1.165) is 25.7 Å². The van der Waals surface area contributed by atoms with Crippen LogP contribution in [0.1, 0.15) is 55.6 Å². The molecule has 2 atom stereocenters. The number of carbonyl (C=O) groups excluding carboxylic acids is 2. The van der Waals surface area contributed by atoms with Crippen molar-refractivity contribution in [2.45, 2.75) is 50.5 Å². The summed E-state index contributed by atoms with van der Waals surface area (Å²) in [6.45, 7) is 0.373. The van der Waals surface area contributed by atoms with Crippen LogP contribution < -0.4 is 10.6 Å². The number of carboxylic acid groups (broad SMARTS) is 1. The summed E-state index contributed by atoms with van der Waals surface area (Å²) in [4.78, 5) is 35.5. The van der Waals surface area contributed by atoms with Crippen molar-refractivity contribution in [1.29, 1.82) is 0 Å². The highest BCUT2D eigenvalue weighted by molar-refractivity contribution is 5.79. The Morgan fingerprint density at radius 2 is 1.58 bits per heavy atom. The van der Waals surface area contributed by atoms with E-state index in [1.54, 1.807) is 0 Å². The second-order valence-electron chi connectivity index (χ2n) is 8.82. The van der Waals surface area contributed by atoms with E-state index in [2.05, 4.69) is 34.9 Å². The van der Waals surface area contributed by atoms with Gasteiger partial charge in [-0.25, -0.2) is 4.79 Å². The van der Waals surface area contributed by atoms with Crippen molar-refractivity contribution in [3.8, 4) is 11.1 Å². The molecule has 1 fully saturated rings. The summed E-state index contributed by atoms with van der Waals surface area (Å²) in [6.07, 6.45) is 3.37. The van der Waals surface area contributed by atoms with Crippen molar-refractivity contribution in [1.82, 2.24) is 10.6 Å². The van der Waals surface area contributed by atoms with Crippen molar-refractivity contribution in [2.75, 3.05) is 13.2 Å². The molecule has 2 aliphatic rings. The Labute approximate surface area is 193 Å². The molecule has 2 aromatic rings. The molecule has 4 rings (SSSR count). The minimum absolute atomic E-state index is 0.00492. The fourth-order valence-corrected chi connectivity index (χ4v) is 5.05. The van der Waals surface area contributed by atoms with E-state index in [4.69, 9.17) is 9.84 Å². The van der Waals surface area contributed by atoms with Crippen LogP contribution in [0.3, 0.4) is 0 Å². The lowest BCUT2D eigenvalue weighted by Crippen LogP contribution is -2.44. The SMILES string of the molecule is O=C(O)CCNC(=O)CC1CCCCC1NC(=O)OCC1c2ccccc2-c2ccccc21. The van der Waals surface area contributed by atoms with E-state index in [9.17, 15) is 14.4 Å². The first-order chi connectivity index (χ1) is 16.0. The van der Waals surface area contributed by atoms with Crippen molar-refractivity contribution in [2.24, 2.45) is 5.92 Å². The Hall–Kier alpha value is -3.35. The van der Waals surface area contributed by atoms with Gasteiger partial charge in [0, 0.05) is 24.9 Å². The third kappa shape index (κ3) is 5.53. The summed E-state index contributed by atoms with van der Waals surface area (Å²) in [5.41, 5.74) is 4.70. The summed E-state index contributed by atoms with van der Waals surface area (Å²) in [6, 6.07) is 16.3. The van der Waals surface area contributed by atoms with Gasteiger partial charge in [0.15, 0.2) is 0 Å². The average molecular weight is 451 g/mol. The molecule has 0 bridgehead atoms. The van der Waals surface area contributed by atoms with Crippen LogP contribution in [-0.4, -0.2) is 42.3 Å². The topological polar surface area (TPSA) is 105 Å². The van der Waals surface area contributed by atoms with E-state index in [-0.39, 0.29) is 49.8 Å². The molecule has 3 N–H and O–H groups in total. The van der Waals surface area contributed by atoms with E-state index in [1.165, 1.54) is 22.3 Å². The number of rotatable bonds is 8. The van der Waals surface area contributed by atoms with Crippen LogP contribution >= 0.6 is 0 Å². The number of hydrogen-bond acceptors (Lipinski definition) is 4. The number of hydrogen-bond donors (Lipinski definition) is 3. The molecule has 0 spiro atoms. The number of nitrogens with one attached hydrogen (secondary N) is 2.